The molecule has 6 aliphatic rings. The minimum Gasteiger partial charge on any atom is -0.393 e. The Kier molecular flexibility index (Phi) is 4.46. The number of aliphatic hydroxyl groups excluding tert-OH is 1. The fraction of sp³-hybridized carbons (Fsp3) is 1.00. The highest BCUT2D eigenvalue weighted by Gasteiger charge is 2.72. The summed E-state index contributed by atoms with van der Waals surface area (Å²) >= 11 is 0. The number of hydrogen-bond acceptors (Lipinski definition) is 2. The molecule has 0 aromatic rings. The summed E-state index contributed by atoms with van der Waals surface area (Å²) < 4.78 is 6.71. The summed E-state index contributed by atoms with van der Waals surface area (Å²) in [4.78, 5) is 0. The van der Waals surface area contributed by atoms with Crippen molar-refractivity contribution in [3.63, 3.8) is 0 Å². The molecule has 1 heterocycles. The maximum atomic E-state index is 10.9. The van der Waals surface area contributed by atoms with Crippen LogP contribution < -0.4 is 0 Å². The Hall–Kier alpha value is -0.0800. The van der Waals surface area contributed by atoms with Crippen LogP contribution in [0.3, 0.4) is 0 Å². The Labute approximate surface area is 197 Å². The first-order valence-corrected chi connectivity index (χ1v) is 14.1. The average Bonchev–Trinajstić information content (AvgIpc) is 3.05. The van der Waals surface area contributed by atoms with Crippen LogP contribution in [0.4, 0.5) is 0 Å². The van der Waals surface area contributed by atoms with E-state index in [1.807, 2.05) is 0 Å². The molecule has 6 rings (SSSR count). The van der Waals surface area contributed by atoms with E-state index in [0.29, 0.717) is 39.1 Å². The van der Waals surface area contributed by atoms with E-state index < -0.39 is 0 Å². The van der Waals surface area contributed by atoms with E-state index in [1.165, 1.54) is 57.8 Å². The Morgan fingerprint density at radius 1 is 0.688 bits per heavy atom. The van der Waals surface area contributed by atoms with Crippen LogP contribution in [0.2, 0.25) is 0 Å². The third kappa shape index (κ3) is 2.41. The van der Waals surface area contributed by atoms with Crippen LogP contribution in [-0.4, -0.2) is 23.9 Å². The minimum absolute atomic E-state index is 0.0586. The Morgan fingerprint density at radius 3 is 2.16 bits per heavy atom. The van der Waals surface area contributed by atoms with E-state index in [1.54, 1.807) is 0 Å². The second kappa shape index (κ2) is 6.37. The van der Waals surface area contributed by atoms with Crippen LogP contribution in [0, 0.1) is 56.2 Å². The van der Waals surface area contributed by atoms with Crippen molar-refractivity contribution in [1.82, 2.24) is 0 Å². The lowest BCUT2D eigenvalue weighted by Crippen LogP contribution is -2.67. The predicted octanol–water partition coefficient (Wildman–Crippen LogP) is 7.24. The Bertz CT molecular complexity index is 801. The van der Waals surface area contributed by atoms with Gasteiger partial charge in [0.25, 0.3) is 0 Å². The van der Waals surface area contributed by atoms with E-state index in [-0.39, 0.29) is 11.5 Å². The molecule has 1 aliphatic heterocycles. The molecule has 0 radical (unpaired) electrons. The van der Waals surface area contributed by atoms with E-state index in [9.17, 15) is 5.11 Å². The maximum Gasteiger partial charge on any atom is 0.0663 e. The van der Waals surface area contributed by atoms with Gasteiger partial charge in [-0.2, -0.15) is 0 Å². The van der Waals surface area contributed by atoms with Crippen molar-refractivity contribution in [2.45, 2.75) is 125 Å². The number of ether oxygens (including phenoxy) is 1. The number of aliphatic hydroxyl groups is 1. The first kappa shape index (κ1) is 22.4. The minimum atomic E-state index is -0.122. The summed E-state index contributed by atoms with van der Waals surface area (Å²) in [6.07, 6.45) is 13.7. The molecule has 2 heteroatoms. The topological polar surface area (TPSA) is 29.5 Å². The Balaban J connectivity index is 1.39. The second-order valence-corrected chi connectivity index (χ2v) is 15.7. The van der Waals surface area contributed by atoms with Crippen molar-refractivity contribution >= 4 is 0 Å². The molecule has 6 fully saturated rings. The molecule has 2 nitrogen and oxygen atoms in total. The highest BCUT2D eigenvalue weighted by atomic mass is 16.5. The highest BCUT2D eigenvalue weighted by Crippen LogP contribution is 2.78. The van der Waals surface area contributed by atoms with Crippen LogP contribution >= 0.6 is 0 Å². The van der Waals surface area contributed by atoms with Gasteiger partial charge in [0.05, 0.1) is 18.8 Å². The summed E-state index contributed by atoms with van der Waals surface area (Å²) in [5, 5.41) is 10.9. The van der Waals surface area contributed by atoms with Gasteiger partial charge >= 0.3 is 0 Å². The monoisotopic (exact) mass is 442 g/mol. The van der Waals surface area contributed by atoms with E-state index in [0.717, 1.165) is 30.8 Å². The zero-order chi connectivity index (χ0) is 22.9. The van der Waals surface area contributed by atoms with E-state index in [4.69, 9.17) is 4.74 Å². The van der Waals surface area contributed by atoms with Crippen LogP contribution in [0.1, 0.15) is 113 Å². The van der Waals surface area contributed by atoms with Gasteiger partial charge in [-0.05, 0) is 120 Å². The van der Waals surface area contributed by atoms with Gasteiger partial charge < -0.3 is 9.84 Å². The second-order valence-electron chi connectivity index (χ2n) is 15.7. The molecule has 182 valence electrons. The largest absolute Gasteiger partial charge is 0.393 e. The standard InChI is InChI=1S/C30H50O2/c1-25(2)14-16-30-17-15-28(6)19(23(30)24(25)32-18-30)8-9-21-27(5)12-11-22(31)26(3,4)20(27)10-13-29(21,28)7/h19-24,31H,8-18H2,1-7H3/t19-,20+,21-,22-,23-,24+,27+,28-,29-,30-/m1/s1. The van der Waals surface area contributed by atoms with Crippen molar-refractivity contribution in [2.75, 3.05) is 6.61 Å². The summed E-state index contributed by atoms with van der Waals surface area (Å²) in [5.74, 6) is 3.11. The lowest BCUT2D eigenvalue weighted by Gasteiger charge is -2.73. The SMILES string of the molecule is CC1(C)CC[C@]23CC[C@]4(C)[C@H](CC[C@@H]5[C@@]6(C)CC[C@@H](O)C(C)(C)[C@@H]6CC[C@]54C)[C@@H]2[C@@H]1OC3. The number of fused-ring (bicyclic) bond motifs is 5. The van der Waals surface area contributed by atoms with Crippen molar-refractivity contribution in [1.29, 1.82) is 0 Å². The van der Waals surface area contributed by atoms with Gasteiger partial charge in [0.2, 0.25) is 0 Å². The number of hydrogen-bond donors (Lipinski definition) is 1. The number of rotatable bonds is 0. The summed E-state index contributed by atoms with van der Waals surface area (Å²) in [6, 6.07) is 0. The predicted molar refractivity (Wildman–Crippen MR) is 130 cm³/mol. The summed E-state index contributed by atoms with van der Waals surface area (Å²) in [7, 11) is 0. The van der Waals surface area contributed by atoms with Gasteiger partial charge in [-0.3, -0.25) is 0 Å². The van der Waals surface area contributed by atoms with Crippen molar-refractivity contribution < 1.29 is 9.84 Å². The summed E-state index contributed by atoms with van der Waals surface area (Å²) in [5.41, 5.74) is 2.16. The molecule has 0 amide bonds. The molecule has 32 heavy (non-hydrogen) atoms. The fourth-order valence-corrected chi connectivity index (χ4v) is 12.0. The Morgan fingerprint density at radius 2 is 1.41 bits per heavy atom. The van der Waals surface area contributed by atoms with Crippen LogP contribution in [-0.2, 0) is 4.74 Å². The lowest BCUT2D eigenvalue weighted by molar-refractivity contribution is -0.252. The molecule has 0 spiro atoms. The smallest absolute Gasteiger partial charge is 0.0663 e. The zero-order valence-corrected chi connectivity index (χ0v) is 22.1. The zero-order valence-electron chi connectivity index (χ0n) is 22.1. The molecule has 2 bridgehead atoms. The maximum absolute atomic E-state index is 10.9. The first-order valence-electron chi connectivity index (χ1n) is 14.1. The average molecular weight is 443 g/mol. The molecule has 0 unspecified atom stereocenters. The lowest BCUT2D eigenvalue weighted by atomic mass is 9.31. The van der Waals surface area contributed by atoms with Gasteiger partial charge in [-0.25, -0.2) is 0 Å². The molecule has 5 aliphatic carbocycles. The molecule has 1 saturated heterocycles. The van der Waals surface area contributed by atoms with Crippen molar-refractivity contribution in [3.8, 4) is 0 Å². The van der Waals surface area contributed by atoms with Crippen molar-refractivity contribution in [2.24, 2.45) is 56.2 Å². The van der Waals surface area contributed by atoms with Gasteiger partial charge in [0.1, 0.15) is 0 Å². The third-order valence-electron chi connectivity index (χ3n) is 14.1. The molecule has 10 atom stereocenters. The third-order valence-corrected chi connectivity index (χ3v) is 14.1. The molecule has 1 N–H and O–H groups in total. The van der Waals surface area contributed by atoms with Crippen LogP contribution in [0.25, 0.3) is 0 Å². The molecule has 5 saturated carbocycles. The van der Waals surface area contributed by atoms with Gasteiger partial charge in [-0.15, -0.1) is 0 Å². The van der Waals surface area contributed by atoms with Gasteiger partial charge in [0.15, 0.2) is 0 Å². The van der Waals surface area contributed by atoms with E-state index >= 15 is 0 Å². The van der Waals surface area contributed by atoms with E-state index in [2.05, 4.69) is 48.5 Å². The summed E-state index contributed by atoms with van der Waals surface area (Å²) in [6.45, 7) is 18.9. The van der Waals surface area contributed by atoms with Gasteiger partial charge in [0, 0.05) is 0 Å². The van der Waals surface area contributed by atoms with Gasteiger partial charge in [-0.1, -0.05) is 48.5 Å². The first-order chi connectivity index (χ1) is 14.8. The molecule has 0 aromatic heterocycles. The van der Waals surface area contributed by atoms with Crippen molar-refractivity contribution in [3.05, 3.63) is 0 Å². The van der Waals surface area contributed by atoms with Crippen LogP contribution in [0.15, 0.2) is 0 Å². The molecule has 0 aromatic carbocycles. The quantitative estimate of drug-likeness (QED) is 0.428. The van der Waals surface area contributed by atoms with Crippen LogP contribution in [0.5, 0.6) is 0 Å². The highest BCUT2D eigenvalue weighted by molar-refractivity contribution is 5.21. The normalized spacial score (nSPS) is 60.0. The molecular weight excluding hydrogens is 392 g/mol. The molecular formula is C30H50O2. The fourth-order valence-electron chi connectivity index (χ4n) is 12.0.